The Labute approximate surface area is 120 Å². The van der Waals surface area contributed by atoms with Gasteiger partial charge in [-0.3, -0.25) is 0 Å². The zero-order valence-corrected chi connectivity index (χ0v) is 12.4. The lowest BCUT2D eigenvalue weighted by molar-refractivity contribution is 0.0156. The van der Waals surface area contributed by atoms with Crippen LogP contribution in [0.1, 0.15) is 32.8 Å². The van der Waals surface area contributed by atoms with Crippen LogP contribution in [0.2, 0.25) is 0 Å². The van der Waals surface area contributed by atoms with E-state index in [4.69, 9.17) is 4.74 Å². The van der Waals surface area contributed by atoms with Crippen molar-refractivity contribution < 1.29 is 14.6 Å². The average Bonchev–Trinajstić information content (AvgIpc) is 2.70. The van der Waals surface area contributed by atoms with Crippen molar-refractivity contribution in [1.29, 1.82) is 0 Å². The van der Waals surface area contributed by atoms with E-state index in [1.807, 2.05) is 51.1 Å². The molecule has 1 fully saturated rings. The third kappa shape index (κ3) is 3.73. The average molecular weight is 277 g/mol. The maximum Gasteiger partial charge on any atom is 0.410 e. The topological polar surface area (TPSA) is 49.8 Å². The first-order valence-electron chi connectivity index (χ1n) is 7.08. The number of likely N-dealkylation sites (tertiary alicyclic amines) is 1. The van der Waals surface area contributed by atoms with E-state index in [2.05, 4.69) is 0 Å². The van der Waals surface area contributed by atoms with Gasteiger partial charge in [0.25, 0.3) is 0 Å². The molecule has 1 saturated heterocycles. The first-order chi connectivity index (χ1) is 9.37. The molecule has 1 aromatic rings. The molecule has 1 aliphatic rings. The highest BCUT2D eigenvalue weighted by molar-refractivity contribution is 5.69. The van der Waals surface area contributed by atoms with Crippen LogP contribution in [0.15, 0.2) is 30.3 Å². The molecule has 2 atom stereocenters. The van der Waals surface area contributed by atoms with Gasteiger partial charge in [-0.1, -0.05) is 30.3 Å². The molecule has 1 N–H and O–H groups in total. The van der Waals surface area contributed by atoms with E-state index in [-0.39, 0.29) is 12.1 Å². The van der Waals surface area contributed by atoms with Gasteiger partial charge >= 0.3 is 6.09 Å². The monoisotopic (exact) mass is 277 g/mol. The number of amides is 1. The number of carbonyl (C=O) groups excluding carboxylic acids is 1. The van der Waals surface area contributed by atoms with Crippen molar-refractivity contribution >= 4 is 6.09 Å². The van der Waals surface area contributed by atoms with Crippen molar-refractivity contribution in [3.8, 4) is 0 Å². The summed E-state index contributed by atoms with van der Waals surface area (Å²) in [4.78, 5) is 13.9. The molecule has 0 spiro atoms. The lowest BCUT2D eigenvalue weighted by atomic mass is 10.0. The van der Waals surface area contributed by atoms with Gasteiger partial charge in [0.1, 0.15) is 5.60 Å². The molecule has 4 heteroatoms. The Bertz CT molecular complexity index is 453. The van der Waals surface area contributed by atoms with Crippen molar-refractivity contribution in [2.45, 2.75) is 51.4 Å². The summed E-state index contributed by atoms with van der Waals surface area (Å²) in [6, 6.07) is 9.71. The summed E-state index contributed by atoms with van der Waals surface area (Å²) in [7, 11) is 0. The molecule has 110 valence electrons. The summed E-state index contributed by atoms with van der Waals surface area (Å²) >= 11 is 0. The highest BCUT2D eigenvalue weighted by atomic mass is 16.6. The van der Waals surface area contributed by atoms with Crippen molar-refractivity contribution in [1.82, 2.24) is 4.90 Å². The van der Waals surface area contributed by atoms with Gasteiger partial charge in [-0.25, -0.2) is 4.79 Å². The van der Waals surface area contributed by atoms with Crippen LogP contribution >= 0.6 is 0 Å². The third-order valence-electron chi connectivity index (χ3n) is 3.43. The standard InChI is InChI=1S/C16H23NO3/c1-16(2,3)20-15(19)17-10-9-14(18)13(17)11-12-7-5-4-6-8-12/h4-8,13-14,18H,9-11H2,1-3H3/t13-,14-/m1/s1. The molecule has 0 radical (unpaired) electrons. The van der Waals surface area contributed by atoms with Crippen LogP contribution in [0.4, 0.5) is 4.79 Å². The molecule has 4 nitrogen and oxygen atoms in total. The van der Waals surface area contributed by atoms with Crippen molar-refractivity contribution in [3.05, 3.63) is 35.9 Å². The molecule has 0 bridgehead atoms. The summed E-state index contributed by atoms with van der Waals surface area (Å²) in [5.74, 6) is 0. The molecule has 2 rings (SSSR count). The highest BCUT2D eigenvalue weighted by Crippen LogP contribution is 2.24. The van der Waals surface area contributed by atoms with E-state index in [1.54, 1.807) is 4.90 Å². The molecule has 0 unspecified atom stereocenters. The number of benzene rings is 1. The Morgan fingerprint density at radius 1 is 1.35 bits per heavy atom. The zero-order chi connectivity index (χ0) is 14.8. The highest BCUT2D eigenvalue weighted by Gasteiger charge is 2.37. The Morgan fingerprint density at radius 2 is 2.00 bits per heavy atom. The number of aliphatic hydroxyl groups is 1. The second-order valence-electron chi connectivity index (χ2n) is 6.29. The molecule has 1 amide bonds. The fourth-order valence-electron chi connectivity index (χ4n) is 2.49. The summed E-state index contributed by atoms with van der Waals surface area (Å²) in [6.07, 6.45) is 0.440. The van der Waals surface area contributed by atoms with E-state index < -0.39 is 11.7 Å². The Morgan fingerprint density at radius 3 is 2.60 bits per heavy atom. The van der Waals surface area contributed by atoms with Crippen LogP contribution in [-0.2, 0) is 11.2 Å². The molecule has 1 aliphatic heterocycles. The lowest BCUT2D eigenvalue weighted by Gasteiger charge is -2.29. The molecule has 1 aromatic carbocycles. The van der Waals surface area contributed by atoms with Crippen LogP contribution in [0.3, 0.4) is 0 Å². The van der Waals surface area contributed by atoms with Gasteiger partial charge < -0.3 is 14.7 Å². The number of aliphatic hydroxyl groups excluding tert-OH is 1. The lowest BCUT2D eigenvalue weighted by Crippen LogP contribution is -2.43. The fraction of sp³-hybridized carbons (Fsp3) is 0.562. The molecular weight excluding hydrogens is 254 g/mol. The number of nitrogens with zero attached hydrogens (tertiary/aromatic N) is 1. The van der Waals surface area contributed by atoms with Crippen molar-refractivity contribution in [2.24, 2.45) is 0 Å². The van der Waals surface area contributed by atoms with Gasteiger partial charge in [-0.05, 0) is 39.2 Å². The first kappa shape index (κ1) is 14.9. The minimum Gasteiger partial charge on any atom is -0.444 e. The summed E-state index contributed by atoms with van der Waals surface area (Å²) < 4.78 is 5.41. The summed E-state index contributed by atoms with van der Waals surface area (Å²) in [6.45, 7) is 6.10. The number of hydrogen-bond acceptors (Lipinski definition) is 3. The largest absolute Gasteiger partial charge is 0.444 e. The van der Waals surface area contributed by atoms with E-state index in [9.17, 15) is 9.90 Å². The van der Waals surface area contributed by atoms with E-state index >= 15 is 0 Å². The second kappa shape index (κ2) is 5.83. The number of hydrogen-bond donors (Lipinski definition) is 1. The Kier molecular flexibility index (Phi) is 4.33. The minimum atomic E-state index is -0.512. The third-order valence-corrected chi connectivity index (χ3v) is 3.43. The number of ether oxygens (including phenoxy) is 1. The Balaban J connectivity index is 2.07. The molecule has 20 heavy (non-hydrogen) atoms. The minimum absolute atomic E-state index is 0.202. The van der Waals surface area contributed by atoms with Gasteiger partial charge in [0.05, 0.1) is 12.1 Å². The van der Waals surface area contributed by atoms with Crippen LogP contribution < -0.4 is 0 Å². The predicted octanol–water partition coefficient (Wildman–Crippen LogP) is 2.60. The van der Waals surface area contributed by atoms with Crippen LogP contribution in [0.5, 0.6) is 0 Å². The molecule has 1 heterocycles. The summed E-state index contributed by atoms with van der Waals surface area (Å²) in [5.41, 5.74) is 0.606. The molecular formula is C16H23NO3. The smallest absolute Gasteiger partial charge is 0.410 e. The second-order valence-corrected chi connectivity index (χ2v) is 6.29. The van der Waals surface area contributed by atoms with Crippen LogP contribution in [-0.4, -0.2) is 40.4 Å². The van der Waals surface area contributed by atoms with E-state index in [1.165, 1.54) is 0 Å². The molecule has 0 aliphatic carbocycles. The first-order valence-corrected chi connectivity index (χ1v) is 7.08. The van der Waals surface area contributed by atoms with Crippen molar-refractivity contribution in [3.63, 3.8) is 0 Å². The fourth-order valence-corrected chi connectivity index (χ4v) is 2.49. The maximum atomic E-state index is 12.2. The van der Waals surface area contributed by atoms with Gasteiger partial charge in [0, 0.05) is 6.54 Å². The molecule has 0 aromatic heterocycles. The quantitative estimate of drug-likeness (QED) is 0.904. The van der Waals surface area contributed by atoms with Crippen molar-refractivity contribution in [2.75, 3.05) is 6.54 Å². The zero-order valence-electron chi connectivity index (χ0n) is 12.4. The van der Waals surface area contributed by atoms with Gasteiger partial charge in [0.2, 0.25) is 0 Å². The normalized spacial score (nSPS) is 22.9. The van der Waals surface area contributed by atoms with Crippen LogP contribution in [0.25, 0.3) is 0 Å². The molecule has 0 saturated carbocycles. The SMILES string of the molecule is CC(C)(C)OC(=O)N1CC[C@@H](O)[C@H]1Cc1ccccc1. The summed E-state index contributed by atoms with van der Waals surface area (Å²) in [5, 5.41) is 10.1. The van der Waals surface area contributed by atoms with Crippen LogP contribution in [0, 0.1) is 0 Å². The van der Waals surface area contributed by atoms with Gasteiger partial charge in [-0.2, -0.15) is 0 Å². The van der Waals surface area contributed by atoms with Gasteiger partial charge in [-0.15, -0.1) is 0 Å². The predicted molar refractivity (Wildman–Crippen MR) is 77.5 cm³/mol. The van der Waals surface area contributed by atoms with E-state index in [0.29, 0.717) is 19.4 Å². The maximum absolute atomic E-state index is 12.2. The Hall–Kier alpha value is -1.55. The number of carbonyl (C=O) groups is 1. The number of rotatable bonds is 2. The van der Waals surface area contributed by atoms with E-state index in [0.717, 1.165) is 5.56 Å². The van der Waals surface area contributed by atoms with Gasteiger partial charge in [0.15, 0.2) is 0 Å².